The van der Waals surface area contributed by atoms with Crippen LogP contribution in [0, 0.1) is 5.92 Å². The summed E-state index contributed by atoms with van der Waals surface area (Å²) in [7, 11) is 0. The summed E-state index contributed by atoms with van der Waals surface area (Å²) in [4.78, 5) is 9.86. The van der Waals surface area contributed by atoms with Crippen molar-refractivity contribution in [3.8, 4) is 0 Å². The van der Waals surface area contributed by atoms with Crippen molar-refractivity contribution in [2.75, 3.05) is 0 Å². The number of aldehydes is 1. The number of hydrogen-bond donors (Lipinski definition) is 1. The van der Waals surface area contributed by atoms with Crippen molar-refractivity contribution >= 4 is 6.29 Å². The van der Waals surface area contributed by atoms with Crippen LogP contribution in [-0.2, 0) is 4.79 Å². The van der Waals surface area contributed by atoms with Gasteiger partial charge in [0.05, 0.1) is 0 Å². The van der Waals surface area contributed by atoms with E-state index in [0.717, 1.165) is 6.29 Å². The molecule has 0 fully saturated rings. The van der Waals surface area contributed by atoms with E-state index in [1.165, 1.54) is 0 Å². The smallest absolute Gasteiger partial charge is 0.120 e. The number of carbonyl (C=O) groups excluding carboxylic acids is 1. The average Bonchev–Trinajstić information content (AvgIpc) is 1.67. The van der Waals surface area contributed by atoms with Gasteiger partial charge in [0.15, 0.2) is 0 Å². The van der Waals surface area contributed by atoms with E-state index < -0.39 is 0 Å². The molecule has 0 aromatic carbocycles. The molecule has 2 heteroatoms. The van der Waals surface area contributed by atoms with Gasteiger partial charge in [0, 0.05) is 12.5 Å². The van der Waals surface area contributed by atoms with Crippen LogP contribution >= 0.6 is 0 Å². The largest absolute Gasteiger partial charge is 0.328 e. The molecule has 0 aliphatic carbocycles. The summed E-state index contributed by atoms with van der Waals surface area (Å²) >= 11 is 0. The molecule has 0 radical (unpaired) electrons. The lowest BCUT2D eigenvalue weighted by Crippen LogP contribution is -2.24. The Hall–Kier alpha value is -0.370. The maximum Gasteiger partial charge on any atom is 0.120 e. The first-order chi connectivity index (χ1) is 3.68. The van der Waals surface area contributed by atoms with Crippen LogP contribution in [0.25, 0.3) is 0 Å². The Morgan fingerprint density at radius 3 is 2.25 bits per heavy atom. The third-order valence-electron chi connectivity index (χ3n) is 1.37. The van der Waals surface area contributed by atoms with E-state index in [1.54, 1.807) is 0 Å². The molecular formula is C6H13NO. The molecule has 0 bridgehead atoms. The van der Waals surface area contributed by atoms with Gasteiger partial charge in [-0.15, -0.1) is 0 Å². The minimum absolute atomic E-state index is 0.139. The molecule has 2 atom stereocenters. The minimum atomic E-state index is 0.139. The lowest BCUT2D eigenvalue weighted by Gasteiger charge is -2.10. The quantitative estimate of drug-likeness (QED) is 0.546. The second-order valence-corrected chi connectivity index (χ2v) is 2.24. The van der Waals surface area contributed by atoms with Crippen LogP contribution in [-0.4, -0.2) is 12.3 Å². The van der Waals surface area contributed by atoms with Gasteiger partial charge in [-0.2, -0.15) is 0 Å². The lowest BCUT2D eigenvalue weighted by molar-refractivity contribution is -0.108. The fourth-order valence-corrected chi connectivity index (χ4v) is 0.366. The van der Waals surface area contributed by atoms with E-state index in [4.69, 9.17) is 5.73 Å². The number of rotatable bonds is 3. The highest BCUT2D eigenvalue weighted by atomic mass is 16.1. The standard InChI is InChI=1S/C6H13NO/c1-5(3-4-8)6(2)7/h4-6H,3,7H2,1-2H3/t5-,6+/m0/s1. The van der Waals surface area contributed by atoms with E-state index in [1.807, 2.05) is 13.8 Å². The fourth-order valence-electron chi connectivity index (χ4n) is 0.366. The molecular weight excluding hydrogens is 102 g/mol. The number of carbonyl (C=O) groups is 1. The second kappa shape index (κ2) is 3.61. The van der Waals surface area contributed by atoms with Crippen molar-refractivity contribution in [2.24, 2.45) is 11.7 Å². The minimum Gasteiger partial charge on any atom is -0.328 e. The molecule has 0 rings (SSSR count). The molecule has 0 aliphatic heterocycles. The molecule has 48 valence electrons. The van der Waals surface area contributed by atoms with Crippen LogP contribution in [0.2, 0.25) is 0 Å². The summed E-state index contributed by atoms with van der Waals surface area (Å²) in [6.45, 7) is 3.88. The summed E-state index contributed by atoms with van der Waals surface area (Å²) in [6.07, 6.45) is 1.49. The summed E-state index contributed by atoms with van der Waals surface area (Å²) in [5.74, 6) is 0.326. The van der Waals surface area contributed by atoms with Gasteiger partial charge in [-0.1, -0.05) is 6.92 Å². The Morgan fingerprint density at radius 1 is 1.62 bits per heavy atom. The maximum absolute atomic E-state index is 9.86. The monoisotopic (exact) mass is 115 g/mol. The van der Waals surface area contributed by atoms with Gasteiger partial charge >= 0.3 is 0 Å². The average molecular weight is 115 g/mol. The van der Waals surface area contributed by atoms with Gasteiger partial charge in [0.2, 0.25) is 0 Å². The zero-order valence-corrected chi connectivity index (χ0v) is 5.42. The van der Waals surface area contributed by atoms with E-state index in [9.17, 15) is 4.79 Å². The van der Waals surface area contributed by atoms with Crippen LogP contribution in [0.5, 0.6) is 0 Å². The Kier molecular flexibility index (Phi) is 3.44. The van der Waals surface area contributed by atoms with Crippen LogP contribution < -0.4 is 5.73 Å². The molecule has 0 aliphatic rings. The summed E-state index contributed by atoms with van der Waals surface area (Å²) in [6, 6.07) is 0.139. The zero-order valence-electron chi connectivity index (χ0n) is 5.42. The Bertz CT molecular complexity index is 70.9. The summed E-state index contributed by atoms with van der Waals surface area (Å²) < 4.78 is 0. The van der Waals surface area contributed by atoms with Gasteiger partial charge in [-0.3, -0.25) is 0 Å². The van der Waals surface area contributed by atoms with E-state index in [-0.39, 0.29) is 6.04 Å². The van der Waals surface area contributed by atoms with Gasteiger partial charge < -0.3 is 10.5 Å². The molecule has 2 nitrogen and oxygen atoms in total. The third-order valence-corrected chi connectivity index (χ3v) is 1.37. The fraction of sp³-hybridized carbons (Fsp3) is 0.833. The van der Waals surface area contributed by atoms with Crippen molar-refractivity contribution in [1.82, 2.24) is 0 Å². The Labute approximate surface area is 50.1 Å². The number of hydrogen-bond acceptors (Lipinski definition) is 2. The first kappa shape index (κ1) is 7.63. The first-order valence-corrected chi connectivity index (χ1v) is 2.87. The normalized spacial score (nSPS) is 17.4. The van der Waals surface area contributed by atoms with Gasteiger partial charge in [-0.25, -0.2) is 0 Å². The van der Waals surface area contributed by atoms with Crippen LogP contribution in [0.15, 0.2) is 0 Å². The Balaban J connectivity index is 3.30. The molecule has 2 N–H and O–H groups in total. The lowest BCUT2D eigenvalue weighted by atomic mass is 10.0. The van der Waals surface area contributed by atoms with Crippen molar-refractivity contribution in [3.05, 3.63) is 0 Å². The molecule has 0 heterocycles. The zero-order chi connectivity index (χ0) is 6.57. The molecule has 0 amide bonds. The van der Waals surface area contributed by atoms with Crippen molar-refractivity contribution in [3.63, 3.8) is 0 Å². The van der Waals surface area contributed by atoms with Gasteiger partial charge in [0.25, 0.3) is 0 Å². The molecule has 8 heavy (non-hydrogen) atoms. The summed E-state index contributed by atoms with van der Waals surface area (Å²) in [5, 5.41) is 0. The molecule has 0 spiro atoms. The van der Waals surface area contributed by atoms with Crippen molar-refractivity contribution in [2.45, 2.75) is 26.3 Å². The molecule has 0 aromatic heterocycles. The highest BCUT2D eigenvalue weighted by Gasteiger charge is 2.04. The van der Waals surface area contributed by atoms with E-state index in [0.29, 0.717) is 12.3 Å². The van der Waals surface area contributed by atoms with E-state index >= 15 is 0 Å². The second-order valence-electron chi connectivity index (χ2n) is 2.24. The number of nitrogens with two attached hydrogens (primary N) is 1. The van der Waals surface area contributed by atoms with Gasteiger partial charge in [0.1, 0.15) is 6.29 Å². The van der Waals surface area contributed by atoms with E-state index in [2.05, 4.69) is 0 Å². The molecule has 0 aromatic rings. The van der Waals surface area contributed by atoms with Crippen LogP contribution in [0.3, 0.4) is 0 Å². The summed E-state index contributed by atoms with van der Waals surface area (Å²) in [5.41, 5.74) is 5.46. The Morgan fingerprint density at radius 2 is 2.12 bits per heavy atom. The predicted octanol–water partition coefficient (Wildman–Crippen LogP) is 0.559. The molecule has 0 saturated heterocycles. The predicted molar refractivity (Wildman–Crippen MR) is 33.5 cm³/mol. The van der Waals surface area contributed by atoms with Crippen molar-refractivity contribution in [1.29, 1.82) is 0 Å². The molecule has 0 unspecified atom stereocenters. The highest BCUT2D eigenvalue weighted by molar-refractivity contribution is 5.49. The maximum atomic E-state index is 9.86. The van der Waals surface area contributed by atoms with Crippen LogP contribution in [0.1, 0.15) is 20.3 Å². The van der Waals surface area contributed by atoms with Crippen LogP contribution in [0.4, 0.5) is 0 Å². The topological polar surface area (TPSA) is 43.1 Å². The third kappa shape index (κ3) is 2.75. The molecule has 0 saturated carbocycles. The van der Waals surface area contributed by atoms with Gasteiger partial charge in [-0.05, 0) is 12.8 Å². The highest BCUT2D eigenvalue weighted by Crippen LogP contribution is 2.01. The van der Waals surface area contributed by atoms with Crippen molar-refractivity contribution < 1.29 is 4.79 Å². The first-order valence-electron chi connectivity index (χ1n) is 2.87. The SMILES string of the molecule is C[C@@H](N)[C@@H](C)CC=O.